The van der Waals surface area contributed by atoms with Crippen molar-refractivity contribution in [2.24, 2.45) is 0 Å². The van der Waals surface area contributed by atoms with Crippen LogP contribution in [-0.4, -0.2) is 26.3 Å². The molecule has 0 saturated heterocycles. The van der Waals surface area contributed by atoms with Crippen LogP contribution in [0.4, 0.5) is 4.79 Å². The average molecular weight is 300 g/mol. The van der Waals surface area contributed by atoms with E-state index in [1.807, 2.05) is 54.6 Å². The highest BCUT2D eigenvalue weighted by Gasteiger charge is 2.01. The van der Waals surface area contributed by atoms with Gasteiger partial charge in [0.15, 0.2) is 0 Å². The Kier molecular flexibility index (Phi) is 6.11. The van der Waals surface area contributed by atoms with Crippen molar-refractivity contribution in [2.75, 3.05) is 20.3 Å². The smallest absolute Gasteiger partial charge is 0.315 e. The Hall–Kier alpha value is -2.69. The molecule has 0 aliphatic carbocycles. The van der Waals surface area contributed by atoms with E-state index in [-0.39, 0.29) is 6.03 Å². The van der Waals surface area contributed by atoms with E-state index in [1.165, 1.54) is 0 Å². The fourth-order valence-electron chi connectivity index (χ4n) is 1.88. The first-order valence-electron chi connectivity index (χ1n) is 7.10. The summed E-state index contributed by atoms with van der Waals surface area (Å²) in [5.74, 6) is 1.57. The maximum atomic E-state index is 11.7. The molecule has 2 N–H and O–H groups in total. The summed E-state index contributed by atoms with van der Waals surface area (Å²) in [6, 6.07) is 16.8. The number of hydrogen-bond acceptors (Lipinski definition) is 3. The zero-order chi connectivity index (χ0) is 15.6. The number of nitrogens with one attached hydrogen (secondary N) is 2. The molecule has 2 rings (SSSR count). The number of para-hydroxylation sites is 1. The van der Waals surface area contributed by atoms with Crippen LogP contribution >= 0.6 is 0 Å². The van der Waals surface area contributed by atoms with E-state index in [2.05, 4.69) is 10.6 Å². The molecule has 2 aromatic rings. The van der Waals surface area contributed by atoms with Crippen molar-refractivity contribution in [3.63, 3.8) is 0 Å². The zero-order valence-electron chi connectivity index (χ0n) is 12.5. The van der Waals surface area contributed by atoms with Gasteiger partial charge in [0.25, 0.3) is 0 Å². The van der Waals surface area contributed by atoms with E-state index in [0.717, 1.165) is 17.1 Å². The quantitative estimate of drug-likeness (QED) is 0.773. The highest BCUT2D eigenvalue weighted by molar-refractivity contribution is 5.73. The molecule has 0 radical (unpaired) electrons. The molecule has 5 heteroatoms. The summed E-state index contributed by atoms with van der Waals surface area (Å²) in [5.41, 5.74) is 0.982. The number of amides is 2. The van der Waals surface area contributed by atoms with E-state index in [0.29, 0.717) is 19.7 Å². The van der Waals surface area contributed by atoms with Crippen LogP contribution in [0.3, 0.4) is 0 Å². The minimum Gasteiger partial charge on any atom is -0.497 e. The lowest BCUT2D eigenvalue weighted by Crippen LogP contribution is -2.37. The van der Waals surface area contributed by atoms with Crippen molar-refractivity contribution < 1.29 is 14.3 Å². The van der Waals surface area contributed by atoms with Crippen molar-refractivity contribution in [3.05, 3.63) is 60.2 Å². The van der Waals surface area contributed by atoms with Crippen LogP contribution in [0.15, 0.2) is 54.6 Å². The summed E-state index contributed by atoms with van der Waals surface area (Å²) >= 11 is 0. The van der Waals surface area contributed by atoms with Crippen LogP contribution in [0, 0.1) is 0 Å². The molecule has 0 saturated carbocycles. The van der Waals surface area contributed by atoms with E-state index in [4.69, 9.17) is 9.47 Å². The first-order valence-corrected chi connectivity index (χ1v) is 7.10. The second kappa shape index (κ2) is 8.56. The van der Waals surface area contributed by atoms with Gasteiger partial charge >= 0.3 is 6.03 Å². The number of ether oxygens (including phenoxy) is 2. The Balaban J connectivity index is 1.63. The molecular formula is C17H20N2O3. The van der Waals surface area contributed by atoms with Crippen LogP contribution in [-0.2, 0) is 6.54 Å². The number of carbonyl (C=O) groups is 1. The summed E-state index contributed by atoms with van der Waals surface area (Å²) in [6.07, 6.45) is 0. The zero-order valence-corrected chi connectivity index (χ0v) is 12.5. The number of hydrogen-bond donors (Lipinski definition) is 2. The monoisotopic (exact) mass is 300 g/mol. The fraction of sp³-hybridized carbons (Fsp3) is 0.235. The second-order valence-corrected chi connectivity index (χ2v) is 4.62. The number of carbonyl (C=O) groups excluding carboxylic acids is 1. The molecule has 0 aliphatic rings. The van der Waals surface area contributed by atoms with Gasteiger partial charge in [-0.05, 0) is 29.8 Å². The van der Waals surface area contributed by atoms with Crippen molar-refractivity contribution >= 4 is 6.03 Å². The molecule has 22 heavy (non-hydrogen) atoms. The topological polar surface area (TPSA) is 59.6 Å². The highest BCUT2D eigenvalue weighted by atomic mass is 16.5. The minimum absolute atomic E-state index is 0.223. The molecule has 2 aromatic carbocycles. The number of rotatable bonds is 7. The maximum absolute atomic E-state index is 11.7. The molecular weight excluding hydrogens is 280 g/mol. The van der Waals surface area contributed by atoms with Gasteiger partial charge in [0.1, 0.15) is 18.1 Å². The summed E-state index contributed by atoms with van der Waals surface area (Å²) in [7, 11) is 1.62. The van der Waals surface area contributed by atoms with Crippen LogP contribution < -0.4 is 20.1 Å². The molecule has 0 atom stereocenters. The average Bonchev–Trinajstić information content (AvgIpc) is 2.58. The first-order chi connectivity index (χ1) is 10.8. The van der Waals surface area contributed by atoms with Crippen molar-refractivity contribution in [1.82, 2.24) is 10.6 Å². The third-order valence-electron chi connectivity index (χ3n) is 2.99. The van der Waals surface area contributed by atoms with Crippen LogP contribution in [0.25, 0.3) is 0 Å². The standard InChI is InChI=1S/C17H20N2O3/c1-21-16-9-5-6-14(12-16)13-19-17(20)18-10-11-22-15-7-3-2-4-8-15/h2-9,12H,10-11,13H2,1H3,(H2,18,19,20). The summed E-state index contributed by atoms with van der Waals surface area (Å²) in [6.45, 7) is 1.32. The number of methoxy groups -OCH3 is 1. The molecule has 0 heterocycles. The predicted octanol–water partition coefficient (Wildman–Crippen LogP) is 2.57. The summed E-state index contributed by atoms with van der Waals surface area (Å²) < 4.78 is 10.6. The Morgan fingerprint density at radius 2 is 1.77 bits per heavy atom. The molecule has 5 nitrogen and oxygen atoms in total. The van der Waals surface area contributed by atoms with Crippen molar-refractivity contribution in [1.29, 1.82) is 0 Å². The third-order valence-corrected chi connectivity index (χ3v) is 2.99. The number of benzene rings is 2. The molecule has 0 fully saturated rings. The van der Waals surface area contributed by atoms with Crippen LogP contribution in [0.1, 0.15) is 5.56 Å². The Morgan fingerprint density at radius 3 is 2.55 bits per heavy atom. The molecule has 0 aliphatic heterocycles. The Bertz CT molecular complexity index is 587. The first kappa shape index (κ1) is 15.7. The van der Waals surface area contributed by atoms with Gasteiger partial charge in [-0.15, -0.1) is 0 Å². The lowest BCUT2D eigenvalue weighted by atomic mass is 10.2. The van der Waals surface area contributed by atoms with E-state index >= 15 is 0 Å². The third kappa shape index (κ3) is 5.36. The molecule has 116 valence electrons. The molecule has 0 spiro atoms. The predicted molar refractivity (Wildman–Crippen MR) is 85.2 cm³/mol. The summed E-state index contributed by atoms with van der Waals surface area (Å²) in [5, 5.41) is 5.53. The fourth-order valence-corrected chi connectivity index (χ4v) is 1.88. The van der Waals surface area contributed by atoms with Gasteiger partial charge in [-0.25, -0.2) is 4.79 Å². The van der Waals surface area contributed by atoms with Gasteiger partial charge in [-0.3, -0.25) is 0 Å². The van der Waals surface area contributed by atoms with Crippen LogP contribution in [0.2, 0.25) is 0 Å². The molecule has 0 bridgehead atoms. The van der Waals surface area contributed by atoms with Gasteiger partial charge < -0.3 is 20.1 Å². The lowest BCUT2D eigenvalue weighted by molar-refractivity contribution is 0.236. The van der Waals surface area contributed by atoms with Crippen molar-refractivity contribution in [3.8, 4) is 11.5 Å². The van der Waals surface area contributed by atoms with Crippen LogP contribution in [0.5, 0.6) is 11.5 Å². The maximum Gasteiger partial charge on any atom is 0.315 e. The van der Waals surface area contributed by atoms with Gasteiger partial charge in [-0.2, -0.15) is 0 Å². The van der Waals surface area contributed by atoms with Crippen molar-refractivity contribution in [2.45, 2.75) is 6.54 Å². The van der Waals surface area contributed by atoms with Gasteiger partial charge in [0.05, 0.1) is 13.7 Å². The second-order valence-electron chi connectivity index (χ2n) is 4.62. The van der Waals surface area contributed by atoms with Gasteiger partial charge in [-0.1, -0.05) is 30.3 Å². The van der Waals surface area contributed by atoms with E-state index < -0.39 is 0 Å². The van der Waals surface area contributed by atoms with E-state index in [1.54, 1.807) is 7.11 Å². The number of urea groups is 1. The SMILES string of the molecule is COc1cccc(CNC(=O)NCCOc2ccccc2)c1. The minimum atomic E-state index is -0.223. The Labute approximate surface area is 130 Å². The van der Waals surface area contributed by atoms with E-state index in [9.17, 15) is 4.79 Å². The molecule has 0 unspecified atom stereocenters. The molecule has 2 amide bonds. The Morgan fingerprint density at radius 1 is 1.00 bits per heavy atom. The largest absolute Gasteiger partial charge is 0.497 e. The van der Waals surface area contributed by atoms with Gasteiger partial charge in [0.2, 0.25) is 0 Å². The summed E-state index contributed by atoms with van der Waals surface area (Å²) in [4.78, 5) is 11.7. The highest BCUT2D eigenvalue weighted by Crippen LogP contribution is 2.12. The molecule has 0 aromatic heterocycles. The lowest BCUT2D eigenvalue weighted by Gasteiger charge is -2.09. The normalized spacial score (nSPS) is 9.86. The van der Waals surface area contributed by atoms with Gasteiger partial charge in [0, 0.05) is 6.54 Å².